The van der Waals surface area contributed by atoms with E-state index in [1.54, 1.807) is 6.07 Å². The Labute approximate surface area is 191 Å². The smallest absolute Gasteiger partial charge is 0.254 e. The van der Waals surface area contributed by atoms with Crippen LogP contribution in [0, 0.1) is 12.8 Å². The first-order valence-electron chi connectivity index (χ1n) is 11.8. The first-order valence-corrected chi connectivity index (χ1v) is 11.8. The van der Waals surface area contributed by atoms with Crippen LogP contribution in [0.3, 0.4) is 0 Å². The number of aromatic nitrogens is 1. The van der Waals surface area contributed by atoms with E-state index in [0.717, 1.165) is 34.9 Å². The Balaban J connectivity index is 1.40. The summed E-state index contributed by atoms with van der Waals surface area (Å²) >= 11 is 0. The summed E-state index contributed by atoms with van der Waals surface area (Å²) in [6.45, 7) is 3.52. The minimum atomic E-state index is -1.08. The summed E-state index contributed by atoms with van der Waals surface area (Å²) in [5, 5.41) is 2.19. The second kappa shape index (κ2) is 7.73. The molecular formula is C27H28FN3O2. The minimum Gasteiger partial charge on any atom is -0.454 e. The van der Waals surface area contributed by atoms with Gasteiger partial charge in [0.05, 0.1) is 12.2 Å². The number of piperidine rings is 1. The highest BCUT2D eigenvalue weighted by Crippen LogP contribution is 2.39. The van der Waals surface area contributed by atoms with E-state index in [0.29, 0.717) is 24.1 Å². The molecule has 1 saturated heterocycles. The van der Waals surface area contributed by atoms with Crippen LogP contribution in [0.25, 0.3) is 33.3 Å². The summed E-state index contributed by atoms with van der Waals surface area (Å²) in [4.78, 5) is 14.6. The van der Waals surface area contributed by atoms with Gasteiger partial charge >= 0.3 is 0 Å². The Kier molecular flexibility index (Phi) is 4.80. The maximum atomic E-state index is 14.0. The molecule has 6 heteroatoms. The summed E-state index contributed by atoms with van der Waals surface area (Å²) in [7, 11) is 0. The van der Waals surface area contributed by atoms with Crippen LogP contribution in [-0.2, 0) is 6.54 Å². The van der Waals surface area contributed by atoms with E-state index in [4.69, 9.17) is 10.2 Å². The molecule has 0 radical (unpaired) electrons. The van der Waals surface area contributed by atoms with E-state index in [-0.39, 0.29) is 18.5 Å². The predicted octanol–water partition coefficient (Wildman–Crippen LogP) is 5.28. The van der Waals surface area contributed by atoms with Gasteiger partial charge < -0.3 is 19.6 Å². The number of rotatable bonds is 4. The second-order valence-corrected chi connectivity index (χ2v) is 9.71. The van der Waals surface area contributed by atoms with E-state index in [9.17, 15) is 9.18 Å². The van der Waals surface area contributed by atoms with Crippen LogP contribution in [0.15, 0.2) is 52.9 Å². The molecule has 2 atom stereocenters. The molecule has 2 fully saturated rings. The van der Waals surface area contributed by atoms with E-state index < -0.39 is 6.17 Å². The Morgan fingerprint density at radius 3 is 2.76 bits per heavy atom. The van der Waals surface area contributed by atoms with Crippen molar-refractivity contribution in [2.75, 3.05) is 13.1 Å². The van der Waals surface area contributed by atoms with Crippen molar-refractivity contribution in [2.45, 2.75) is 44.9 Å². The number of fused-ring (bicyclic) bond motifs is 2. The number of para-hydroxylation sites is 1. The lowest BCUT2D eigenvalue weighted by atomic mass is 10.0. The van der Waals surface area contributed by atoms with Gasteiger partial charge in [0.2, 0.25) is 0 Å². The van der Waals surface area contributed by atoms with Crippen LogP contribution in [0.2, 0.25) is 0 Å². The van der Waals surface area contributed by atoms with Gasteiger partial charge in [0.25, 0.3) is 5.91 Å². The molecule has 4 aromatic rings. The van der Waals surface area contributed by atoms with Crippen molar-refractivity contribution in [1.82, 2.24) is 9.47 Å². The Bertz CT molecular complexity index is 1360. The van der Waals surface area contributed by atoms with Crippen LogP contribution in [-0.4, -0.2) is 40.7 Å². The summed E-state index contributed by atoms with van der Waals surface area (Å²) in [6.07, 6.45) is 1.78. The summed E-state index contributed by atoms with van der Waals surface area (Å²) < 4.78 is 22.7. The van der Waals surface area contributed by atoms with Crippen LogP contribution in [0.5, 0.6) is 0 Å². The predicted molar refractivity (Wildman–Crippen MR) is 128 cm³/mol. The number of benzene rings is 2. The summed E-state index contributed by atoms with van der Waals surface area (Å²) in [6, 6.07) is 15.8. The highest BCUT2D eigenvalue weighted by molar-refractivity contribution is 5.99. The zero-order chi connectivity index (χ0) is 22.7. The Morgan fingerprint density at radius 1 is 1.15 bits per heavy atom. The van der Waals surface area contributed by atoms with Crippen molar-refractivity contribution < 1.29 is 13.6 Å². The third kappa shape index (κ3) is 3.62. The van der Waals surface area contributed by atoms with Crippen LogP contribution < -0.4 is 5.73 Å². The van der Waals surface area contributed by atoms with E-state index >= 15 is 0 Å². The molecule has 6 rings (SSSR count). The molecule has 0 spiro atoms. The Hall–Kier alpha value is -3.12. The maximum absolute atomic E-state index is 14.0. The number of halogens is 1. The van der Waals surface area contributed by atoms with Crippen LogP contribution in [0.4, 0.5) is 4.39 Å². The molecule has 170 valence electrons. The van der Waals surface area contributed by atoms with Crippen LogP contribution >= 0.6 is 0 Å². The minimum absolute atomic E-state index is 0.0915. The van der Waals surface area contributed by atoms with Gasteiger partial charge in [-0.2, -0.15) is 0 Å². The molecule has 1 saturated carbocycles. The SMILES string of the molecule is Cc1c(-c2cc3ccccc3n2CC2CC2)oc2cc(C(=O)N3C[C@H](N)C[C@@H](F)C3)ccc12. The summed E-state index contributed by atoms with van der Waals surface area (Å²) in [5.41, 5.74) is 10.5. The van der Waals surface area contributed by atoms with Crippen molar-refractivity contribution in [3.05, 3.63) is 59.7 Å². The number of carbonyl (C=O) groups excluding carboxylic acids is 1. The van der Waals surface area contributed by atoms with Gasteiger partial charge in [-0.25, -0.2) is 4.39 Å². The number of alkyl halides is 1. The molecule has 0 bridgehead atoms. The molecule has 1 aliphatic heterocycles. The number of amides is 1. The third-order valence-electron chi connectivity index (χ3n) is 7.09. The Morgan fingerprint density at radius 2 is 1.97 bits per heavy atom. The van der Waals surface area contributed by atoms with Crippen molar-refractivity contribution in [2.24, 2.45) is 11.7 Å². The quantitative estimate of drug-likeness (QED) is 0.465. The lowest BCUT2D eigenvalue weighted by Crippen LogP contribution is -2.50. The van der Waals surface area contributed by atoms with E-state index in [1.807, 2.05) is 12.1 Å². The average Bonchev–Trinajstić information content (AvgIpc) is 3.47. The van der Waals surface area contributed by atoms with Crippen molar-refractivity contribution in [1.29, 1.82) is 0 Å². The maximum Gasteiger partial charge on any atom is 0.254 e. The van der Waals surface area contributed by atoms with Crippen molar-refractivity contribution in [3.8, 4) is 11.5 Å². The number of furan rings is 1. The molecule has 2 aromatic carbocycles. The molecule has 33 heavy (non-hydrogen) atoms. The topological polar surface area (TPSA) is 64.4 Å². The zero-order valence-corrected chi connectivity index (χ0v) is 18.8. The van der Waals surface area contributed by atoms with Gasteiger partial charge in [-0.1, -0.05) is 24.3 Å². The van der Waals surface area contributed by atoms with E-state index in [1.165, 1.54) is 28.6 Å². The number of hydrogen-bond acceptors (Lipinski definition) is 3. The molecule has 2 aromatic heterocycles. The van der Waals surface area contributed by atoms with Gasteiger partial charge in [-0.05, 0) is 56.4 Å². The molecule has 3 heterocycles. The molecule has 5 nitrogen and oxygen atoms in total. The van der Waals surface area contributed by atoms with Crippen LogP contribution in [0.1, 0.15) is 35.2 Å². The summed E-state index contributed by atoms with van der Waals surface area (Å²) in [5.74, 6) is 1.37. The zero-order valence-electron chi connectivity index (χ0n) is 18.8. The second-order valence-electron chi connectivity index (χ2n) is 9.71. The van der Waals surface area contributed by atoms with Gasteiger partial charge in [0, 0.05) is 46.5 Å². The average molecular weight is 446 g/mol. The largest absolute Gasteiger partial charge is 0.454 e. The highest BCUT2D eigenvalue weighted by Gasteiger charge is 2.29. The fourth-order valence-corrected chi connectivity index (χ4v) is 5.18. The van der Waals surface area contributed by atoms with Gasteiger partial charge in [0.15, 0.2) is 5.76 Å². The van der Waals surface area contributed by atoms with Crippen molar-refractivity contribution >= 4 is 27.8 Å². The first kappa shape index (κ1) is 20.5. The number of carbonyl (C=O) groups is 1. The first-order chi connectivity index (χ1) is 16.0. The number of nitrogens with zero attached hydrogens (tertiary/aromatic N) is 2. The lowest BCUT2D eigenvalue weighted by molar-refractivity contribution is 0.0607. The number of aryl methyl sites for hydroxylation is 1. The fraction of sp³-hybridized carbons (Fsp3) is 0.370. The molecule has 0 unspecified atom stereocenters. The monoisotopic (exact) mass is 445 g/mol. The molecular weight excluding hydrogens is 417 g/mol. The molecule has 2 aliphatic rings. The molecule has 2 N–H and O–H groups in total. The fourth-order valence-electron chi connectivity index (χ4n) is 5.18. The molecule has 1 aliphatic carbocycles. The highest BCUT2D eigenvalue weighted by atomic mass is 19.1. The number of nitrogens with two attached hydrogens (primary N) is 1. The van der Waals surface area contributed by atoms with E-state index in [2.05, 4.69) is 41.8 Å². The third-order valence-corrected chi connectivity index (χ3v) is 7.09. The molecule has 1 amide bonds. The van der Waals surface area contributed by atoms with Gasteiger partial charge in [0.1, 0.15) is 11.8 Å². The number of hydrogen-bond donors (Lipinski definition) is 1. The lowest BCUT2D eigenvalue weighted by Gasteiger charge is -2.33. The van der Waals surface area contributed by atoms with Crippen molar-refractivity contribution in [3.63, 3.8) is 0 Å². The normalized spacial score (nSPS) is 21.2. The standard InChI is InChI=1S/C27H28FN3O2/c1-16-22-9-8-19(27(32)30-14-20(28)12-21(29)15-30)11-25(22)33-26(16)24-10-18-4-2-3-5-23(18)31(24)13-17-6-7-17/h2-5,8-11,17,20-21H,6-7,12-15,29H2,1H3/t20-,21-/m1/s1. The van der Waals surface area contributed by atoms with Gasteiger partial charge in [-0.3, -0.25) is 4.79 Å². The van der Waals surface area contributed by atoms with Gasteiger partial charge in [-0.15, -0.1) is 0 Å². The number of likely N-dealkylation sites (tertiary alicyclic amines) is 1.